The number of halogens is 1. The van der Waals surface area contributed by atoms with Crippen molar-refractivity contribution in [3.05, 3.63) is 45.8 Å². The van der Waals surface area contributed by atoms with Gasteiger partial charge in [0, 0.05) is 6.07 Å². The first-order valence-corrected chi connectivity index (χ1v) is 4.33. The first kappa shape index (κ1) is 11.8. The van der Waals surface area contributed by atoms with Crippen LogP contribution in [0.3, 0.4) is 0 Å². The standard InChI is InChI=1S/C10H8FNO4/c11-8-5-4-7(2-1-3-10(13)14)6-9(8)12(15)16/h1-2,4-6H,3H2,(H,13,14). The number of aliphatic carboxylic acids is 1. The highest BCUT2D eigenvalue weighted by Gasteiger charge is 2.12. The molecule has 0 heterocycles. The Hall–Kier alpha value is -2.24. The molecule has 0 saturated carbocycles. The predicted octanol–water partition coefficient (Wildman–Crippen LogP) is 2.22. The van der Waals surface area contributed by atoms with Crippen LogP contribution in [0.4, 0.5) is 10.1 Å². The molecule has 0 saturated heterocycles. The van der Waals surface area contributed by atoms with E-state index < -0.39 is 22.4 Å². The Morgan fingerprint density at radius 2 is 2.25 bits per heavy atom. The van der Waals surface area contributed by atoms with E-state index >= 15 is 0 Å². The van der Waals surface area contributed by atoms with E-state index in [0.29, 0.717) is 5.56 Å². The Balaban J connectivity index is 2.91. The molecule has 0 aliphatic heterocycles. The Kier molecular flexibility index (Phi) is 3.71. The number of hydrogen-bond donors (Lipinski definition) is 1. The molecule has 0 unspecified atom stereocenters. The number of carbonyl (C=O) groups is 1. The molecule has 0 radical (unpaired) electrons. The van der Waals surface area contributed by atoms with E-state index in [2.05, 4.69) is 0 Å². The maximum atomic E-state index is 12.9. The van der Waals surface area contributed by atoms with Gasteiger partial charge in [-0.25, -0.2) is 0 Å². The summed E-state index contributed by atoms with van der Waals surface area (Å²) in [4.78, 5) is 19.8. The van der Waals surface area contributed by atoms with Crippen molar-refractivity contribution in [3.8, 4) is 0 Å². The molecule has 0 aliphatic rings. The first-order valence-electron chi connectivity index (χ1n) is 4.33. The highest BCUT2D eigenvalue weighted by atomic mass is 19.1. The molecule has 1 aromatic carbocycles. The summed E-state index contributed by atoms with van der Waals surface area (Å²) in [5, 5.41) is 18.8. The average molecular weight is 225 g/mol. The molecule has 84 valence electrons. The predicted molar refractivity (Wildman–Crippen MR) is 54.3 cm³/mol. The Morgan fingerprint density at radius 3 is 2.81 bits per heavy atom. The van der Waals surface area contributed by atoms with Crippen LogP contribution >= 0.6 is 0 Å². The summed E-state index contributed by atoms with van der Waals surface area (Å²) in [5.74, 6) is -1.92. The van der Waals surface area contributed by atoms with Gasteiger partial charge in [-0.2, -0.15) is 4.39 Å². The second-order valence-corrected chi connectivity index (χ2v) is 2.97. The molecule has 6 heteroatoms. The number of nitro benzene ring substituents is 1. The molecule has 0 spiro atoms. The molecule has 0 fully saturated rings. The number of carboxylic acids is 1. The Labute approximate surface area is 90.0 Å². The van der Waals surface area contributed by atoms with Crippen molar-refractivity contribution in [1.82, 2.24) is 0 Å². The topological polar surface area (TPSA) is 80.4 Å². The van der Waals surface area contributed by atoms with Crippen LogP contribution < -0.4 is 0 Å². The van der Waals surface area contributed by atoms with Gasteiger partial charge < -0.3 is 5.11 Å². The third-order valence-corrected chi connectivity index (χ3v) is 1.77. The monoisotopic (exact) mass is 225 g/mol. The summed E-state index contributed by atoms with van der Waals surface area (Å²) in [7, 11) is 0. The zero-order valence-electron chi connectivity index (χ0n) is 8.09. The van der Waals surface area contributed by atoms with E-state index in [1.54, 1.807) is 0 Å². The lowest BCUT2D eigenvalue weighted by Gasteiger charge is -1.95. The smallest absolute Gasteiger partial charge is 0.307 e. The summed E-state index contributed by atoms with van der Waals surface area (Å²) in [6, 6.07) is 3.35. The summed E-state index contributed by atoms with van der Waals surface area (Å²) in [6.45, 7) is 0. The molecular weight excluding hydrogens is 217 g/mol. The minimum absolute atomic E-state index is 0.189. The normalized spacial score (nSPS) is 10.6. The highest BCUT2D eigenvalue weighted by molar-refractivity contribution is 5.70. The third kappa shape index (κ3) is 3.16. The van der Waals surface area contributed by atoms with Crippen LogP contribution in [-0.4, -0.2) is 16.0 Å². The van der Waals surface area contributed by atoms with E-state index in [-0.39, 0.29) is 6.42 Å². The van der Waals surface area contributed by atoms with E-state index in [4.69, 9.17) is 5.11 Å². The van der Waals surface area contributed by atoms with Crippen LogP contribution in [0.1, 0.15) is 12.0 Å². The van der Waals surface area contributed by atoms with Gasteiger partial charge >= 0.3 is 11.7 Å². The Morgan fingerprint density at radius 1 is 1.56 bits per heavy atom. The van der Waals surface area contributed by atoms with E-state index in [1.807, 2.05) is 0 Å². The van der Waals surface area contributed by atoms with E-state index in [0.717, 1.165) is 12.1 Å². The van der Waals surface area contributed by atoms with Crippen molar-refractivity contribution >= 4 is 17.7 Å². The molecule has 1 rings (SSSR count). The number of nitrogens with zero attached hydrogens (tertiary/aromatic N) is 1. The molecule has 5 nitrogen and oxygen atoms in total. The maximum Gasteiger partial charge on any atom is 0.307 e. The van der Waals surface area contributed by atoms with Crippen LogP contribution in [0.15, 0.2) is 24.3 Å². The fraction of sp³-hybridized carbons (Fsp3) is 0.100. The SMILES string of the molecule is O=C(O)CC=Cc1ccc(F)c([N+](=O)[O-])c1. The van der Waals surface area contributed by atoms with Gasteiger partial charge in [0.2, 0.25) is 5.82 Å². The van der Waals surface area contributed by atoms with Gasteiger partial charge in [0.15, 0.2) is 0 Å². The van der Waals surface area contributed by atoms with Gasteiger partial charge in [-0.15, -0.1) is 0 Å². The summed E-state index contributed by atoms with van der Waals surface area (Å²) in [6.07, 6.45) is 2.53. The number of nitro groups is 1. The molecule has 0 bridgehead atoms. The summed E-state index contributed by atoms with van der Waals surface area (Å²) in [5.41, 5.74) is -0.244. The molecule has 0 amide bonds. The lowest BCUT2D eigenvalue weighted by molar-refractivity contribution is -0.387. The van der Waals surface area contributed by atoms with E-state index in [1.165, 1.54) is 18.2 Å². The van der Waals surface area contributed by atoms with Crippen LogP contribution in [0.5, 0.6) is 0 Å². The third-order valence-electron chi connectivity index (χ3n) is 1.77. The Bertz CT molecular complexity index is 456. The number of rotatable bonds is 4. The minimum Gasteiger partial charge on any atom is -0.481 e. The van der Waals surface area contributed by atoms with Gasteiger partial charge in [-0.1, -0.05) is 18.2 Å². The number of carboxylic acid groups (broad SMARTS) is 1. The molecule has 0 aromatic heterocycles. The lowest BCUT2D eigenvalue weighted by atomic mass is 10.1. The highest BCUT2D eigenvalue weighted by Crippen LogP contribution is 2.19. The molecule has 16 heavy (non-hydrogen) atoms. The van der Waals surface area contributed by atoms with Gasteiger partial charge in [0.05, 0.1) is 11.3 Å². The van der Waals surface area contributed by atoms with Crippen LogP contribution in [0.2, 0.25) is 0 Å². The quantitative estimate of drug-likeness (QED) is 0.629. The van der Waals surface area contributed by atoms with Crippen molar-refractivity contribution in [2.45, 2.75) is 6.42 Å². The van der Waals surface area contributed by atoms with Crippen molar-refractivity contribution in [2.75, 3.05) is 0 Å². The second-order valence-electron chi connectivity index (χ2n) is 2.97. The molecule has 0 aliphatic carbocycles. The average Bonchev–Trinajstić information content (AvgIpc) is 2.19. The number of hydrogen-bond acceptors (Lipinski definition) is 3. The zero-order valence-corrected chi connectivity index (χ0v) is 8.09. The maximum absolute atomic E-state index is 12.9. The zero-order chi connectivity index (χ0) is 12.1. The van der Waals surface area contributed by atoms with Crippen LogP contribution in [0, 0.1) is 15.9 Å². The van der Waals surface area contributed by atoms with Crippen molar-refractivity contribution < 1.29 is 19.2 Å². The number of benzene rings is 1. The van der Waals surface area contributed by atoms with Crippen molar-refractivity contribution in [1.29, 1.82) is 0 Å². The second kappa shape index (κ2) is 5.01. The first-order chi connectivity index (χ1) is 7.50. The largest absolute Gasteiger partial charge is 0.481 e. The van der Waals surface area contributed by atoms with Crippen molar-refractivity contribution in [2.24, 2.45) is 0 Å². The minimum atomic E-state index is -1.01. The van der Waals surface area contributed by atoms with Crippen LogP contribution in [-0.2, 0) is 4.79 Å². The lowest BCUT2D eigenvalue weighted by Crippen LogP contribution is -1.93. The molecule has 0 atom stereocenters. The molecular formula is C10H8FNO4. The van der Waals surface area contributed by atoms with Crippen LogP contribution in [0.25, 0.3) is 6.08 Å². The van der Waals surface area contributed by atoms with E-state index in [9.17, 15) is 19.3 Å². The van der Waals surface area contributed by atoms with Gasteiger partial charge in [0.25, 0.3) is 0 Å². The van der Waals surface area contributed by atoms with Gasteiger partial charge in [-0.05, 0) is 11.6 Å². The van der Waals surface area contributed by atoms with Crippen molar-refractivity contribution in [3.63, 3.8) is 0 Å². The van der Waals surface area contributed by atoms with Gasteiger partial charge in [0.1, 0.15) is 0 Å². The molecule has 1 N–H and O–H groups in total. The summed E-state index contributed by atoms with van der Waals surface area (Å²) < 4.78 is 12.9. The summed E-state index contributed by atoms with van der Waals surface area (Å²) >= 11 is 0. The fourth-order valence-electron chi connectivity index (χ4n) is 1.07. The molecule has 1 aromatic rings. The fourth-order valence-corrected chi connectivity index (χ4v) is 1.07. The van der Waals surface area contributed by atoms with Gasteiger partial charge in [-0.3, -0.25) is 14.9 Å².